The van der Waals surface area contributed by atoms with Crippen molar-refractivity contribution in [3.8, 4) is 40.6 Å². The number of hydrogen-bond donors (Lipinski definition) is 2. The molecule has 27 heavy (non-hydrogen) atoms. The van der Waals surface area contributed by atoms with Crippen molar-refractivity contribution in [2.24, 2.45) is 0 Å². The van der Waals surface area contributed by atoms with E-state index in [1.165, 1.54) is 0 Å². The first kappa shape index (κ1) is 16.7. The maximum atomic E-state index is 11.9. The molecule has 2 heterocycles. The van der Waals surface area contributed by atoms with E-state index in [4.69, 9.17) is 23.7 Å². The third-order valence-electron chi connectivity index (χ3n) is 3.75. The molecule has 138 valence electrons. The van der Waals surface area contributed by atoms with E-state index in [0.717, 1.165) is 0 Å². The molecule has 0 spiro atoms. The van der Waals surface area contributed by atoms with Crippen LogP contribution in [0, 0.1) is 11.8 Å². The summed E-state index contributed by atoms with van der Waals surface area (Å²) in [6, 6.07) is 10.1. The molecule has 4 rings (SSSR count). The summed E-state index contributed by atoms with van der Waals surface area (Å²) in [7, 11) is 0. The number of carbonyl (C=O) groups is 1. The number of urea groups is 1. The van der Waals surface area contributed by atoms with Gasteiger partial charge in [-0.15, -0.1) is 0 Å². The van der Waals surface area contributed by atoms with Crippen molar-refractivity contribution in [1.29, 1.82) is 0 Å². The van der Waals surface area contributed by atoms with Crippen molar-refractivity contribution < 1.29 is 28.5 Å². The number of rotatable bonds is 4. The predicted octanol–water partition coefficient (Wildman–Crippen LogP) is 2.35. The van der Waals surface area contributed by atoms with Crippen molar-refractivity contribution >= 4 is 11.7 Å². The van der Waals surface area contributed by atoms with Gasteiger partial charge in [0.1, 0.15) is 12.4 Å². The first-order valence-corrected chi connectivity index (χ1v) is 8.20. The minimum Gasteiger partial charge on any atom is -0.481 e. The van der Waals surface area contributed by atoms with Crippen molar-refractivity contribution in [2.45, 2.75) is 0 Å². The Balaban J connectivity index is 1.18. The molecule has 8 nitrogen and oxygen atoms in total. The van der Waals surface area contributed by atoms with Crippen LogP contribution < -0.4 is 34.3 Å². The highest BCUT2D eigenvalue weighted by atomic mass is 16.7. The van der Waals surface area contributed by atoms with Gasteiger partial charge in [-0.2, -0.15) is 0 Å². The number of carbonyl (C=O) groups excluding carboxylic acids is 1. The molecule has 2 aromatic carbocycles. The first-order valence-electron chi connectivity index (χ1n) is 8.20. The lowest BCUT2D eigenvalue weighted by Gasteiger charge is -2.06. The average Bonchev–Trinajstić information content (AvgIpc) is 3.32. The van der Waals surface area contributed by atoms with Crippen LogP contribution in [0.3, 0.4) is 0 Å². The Morgan fingerprint density at radius 1 is 0.926 bits per heavy atom. The van der Waals surface area contributed by atoms with Crippen LogP contribution in [0.5, 0.6) is 28.7 Å². The van der Waals surface area contributed by atoms with E-state index >= 15 is 0 Å². The zero-order chi connectivity index (χ0) is 18.5. The summed E-state index contributed by atoms with van der Waals surface area (Å²) in [4.78, 5) is 11.9. The Bertz CT molecular complexity index is 918. The van der Waals surface area contributed by atoms with Crippen molar-refractivity contribution in [3.63, 3.8) is 0 Å². The van der Waals surface area contributed by atoms with Crippen LogP contribution in [0.4, 0.5) is 10.5 Å². The highest BCUT2D eigenvalue weighted by molar-refractivity contribution is 5.89. The Morgan fingerprint density at radius 3 is 2.44 bits per heavy atom. The highest BCUT2D eigenvalue weighted by Gasteiger charge is 2.14. The molecule has 0 unspecified atom stereocenters. The third-order valence-corrected chi connectivity index (χ3v) is 3.75. The van der Waals surface area contributed by atoms with Crippen LogP contribution >= 0.6 is 0 Å². The molecule has 0 radical (unpaired) electrons. The van der Waals surface area contributed by atoms with Crippen molar-refractivity contribution in [2.75, 3.05) is 32.1 Å². The summed E-state index contributed by atoms with van der Waals surface area (Å²) in [6.45, 7) is 0.805. The number of anilines is 1. The molecule has 0 atom stereocenters. The van der Waals surface area contributed by atoms with E-state index in [9.17, 15) is 4.79 Å². The Kier molecular flexibility index (Phi) is 4.74. The molecule has 0 aromatic heterocycles. The molecule has 0 aliphatic carbocycles. The molecule has 0 saturated heterocycles. The van der Waals surface area contributed by atoms with Gasteiger partial charge in [0.25, 0.3) is 0 Å². The molecular formula is C19H16N2O6. The summed E-state index contributed by atoms with van der Waals surface area (Å²) in [5.41, 5.74) is 0.607. The van der Waals surface area contributed by atoms with Gasteiger partial charge in [-0.1, -0.05) is 11.8 Å². The van der Waals surface area contributed by atoms with Crippen molar-refractivity contribution in [3.05, 3.63) is 36.4 Å². The topological polar surface area (TPSA) is 87.3 Å². The van der Waals surface area contributed by atoms with Gasteiger partial charge in [-0.05, 0) is 24.3 Å². The molecule has 8 heteroatoms. The van der Waals surface area contributed by atoms with Gasteiger partial charge in [-0.25, -0.2) is 4.79 Å². The third kappa shape index (κ3) is 4.10. The number of nitrogens with one attached hydrogen (secondary N) is 2. The minimum atomic E-state index is -0.361. The number of amides is 2. The van der Waals surface area contributed by atoms with Gasteiger partial charge in [0.2, 0.25) is 13.6 Å². The maximum absolute atomic E-state index is 11.9. The molecule has 0 saturated carbocycles. The van der Waals surface area contributed by atoms with E-state index in [0.29, 0.717) is 34.4 Å². The summed E-state index contributed by atoms with van der Waals surface area (Å²) in [5.74, 6) is 8.91. The Hall–Kier alpha value is -3.73. The maximum Gasteiger partial charge on any atom is 0.319 e. The van der Waals surface area contributed by atoms with E-state index in [2.05, 4.69) is 22.5 Å². The highest BCUT2D eigenvalue weighted by Crippen LogP contribution is 2.35. The van der Waals surface area contributed by atoms with Gasteiger partial charge in [0.05, 0.1) is 6.54 Å². The largest absolute Gasteiger partial charge is 0.481 e. The van der Waals surface area contributed by atoms with Crippen LogP contribution in [0.25, 0.3) is 0 Å². The molecule has 2 aliphatic rings. The summed E-state index contributed by atoms with van der Waals surface area (Å²) >= 11 is 0. The minimum absolute atomic E-state index is 0.189. The van der Waals surface area contributed by atoms with Crippen LogP contribution in [-0.2, 0) is 0 Å². The van der Waals surface area contributed by atoms with Gasteiger partial charge in [0.15, 0.2) is 23.0 Å². The normalized spacial score (nSPS) is 12.7. The second-order valence-corrected chi connectivity index (χ2v) is 5.53. The molecule has 2 N–H and O–H groups in total. The van der Waals surface area contributed by atoms with Gasteiger partial charge in [0, 0.05) is 17.8 Å². The molecular weight excluding hydrogens is 352 g/mol. The molecule has 0 fully saturated rings. The predicted molar refractivity (Wildman–Crippen MR) is 95.4 cm³/mol. The second kappa shape index (κ2) is 7.66. The average molecular weight is 368 g/mol. The lowest BCUT2D eigenvalue weighted by molar-refractivity contribution is 0.173. The standard InChI is InChI=1S/C19H16N2O6/c22-19(21-13-3-5-15-17(9-13)26-11-24-15)20-7-1-2-8-23-14-4-6-16-18(10-14)27-12-25-16/h3-6,9-10H,7-8,11-12H2,(H2,20,21,22). The van der Waals surface area contributed by atoms with Crippen LogP contribution in [0.1, 0.15) is 0 Å². The Labute approximate surface area is 155 Å². The molecule has 2 aliphatic heterocycles. The van der Waals surface area contributed by atoms with Crippen LogP contribution in [0.15, 0.2) is 36.4 Å². The monoisotopic (exact) mass is 368 g/mol. The fourth-order valence-electron chi connectivity index (χ4n) is 2.47. The molecule has 0 bridgehead atoms. The summed E-state index contributed by atoms with van der Waals surface area (Å²) < 4.78 is 26.5. The van der Waals surface area contributed by atoms with E-state index in [-0.39, 0.29) is 32.8 Å². The second-order valence-electron chi connectivity index (χ2n) is 5.53. The van der Waals surface area contributed by atoms with E-state index in [1.54, 1.807) is 36.4 Å². The zero-order valence-corrected chi connectivity index (χ0v) is 14.2. The van der Waals surface area contributed by atoms with Crippen molar-refractivity contribution in [1.82, 2.24) is 5.32 Å². The van der Waals surface area contributed by atoms with E-state index < -0.39 is 0 Å². The van der Waals surface area contributed by atoms with Crippen LogP contribution in [-0.4, -0.2) is 32.8 Å². The number of fused-ring (bicyclic) bond motifs is 2. The van der Waals surface area contributed by atoms with Crippen LogP contribution in [0.2, 0.25) is 0 Å². The smallest absolute Gasteiger partial charge is 0.319 e. The van der Waals surface area contributed by atoms with Gasteiger partial charge in [-0.3, -0.25) is 0 Å². The lowest BCUT2D eigenvalue weighted by atomic mass is 10.3. The summed E-state index contributed by atoms with van der Waals surface area (Å²) in [5, 5.41) is 5.35. The zero-order valence-electron chi connectivity index (χ0n) is 14.2. The van der Waals surface area contributed by atoms with Gasteiger partial charge >= 0.3 is 6.03 Å². The number of benzene rings is 2. The number of ether oxygens (including phenoxy) is 5. The quantitative estimate of drug-likeness (QED) is 0.806. The fourth-order valence-corrected chi connectivity index (χ4v) is 2.47. The van der Waals surface area contributed by atoms with E-state index in [1.807, 2.05) is 0 Å². The number of hydrogen-bond acceptors (Lipinski definition) is 6. The molecule has 2 aromatic rings. The lowest BCUT2D eigenvalue weighted by Crippen LogP contribution is -2.28. The SMILES string of the molecule is O=C(NCC#CCOc1ccc2c(c1)OCO2)Nc1ccc2c(c1)OCO2. The summed E-state index contributed by atoms with van der Waals surface area (Å²) in [6.07, 6.45) is 0. The Morgan fingerprint density at radius 2 is 1.63 bits per heavy atom. The fraction of sp³-hybridized carbons (Fsp3) is 0.211. The molecule has 2 amide bonds. The first-order chi connectivity index (χ1) is 13.3. The van der Waals surface area contributed by atoms with Gasteiger partial charge < -0.3 is 34.3 Å².